The van der Waals surface area contributed by atoms with Crippen LogP contribution >= 0.6 is 48.0 Å². The number of nitrogens with one attached hydrogen (secondary N) is 1. The van der Waals surface area contributed by atoms with Gasteiger partial charge in [-0.3, -0.25) is 4.79 Å². The predicted molar refractivity (Wildman–Crippen MR) is 112 cm³/mol. The van der Waals surface area contributed by atoms with Crippen LogP contribution < -0.4 is 11.1 Å². The number of benzene rings is 1. The summed E-state index contributed by atoms with van der Waals surface area (Å²) in [5.74, 6) is 0.417. The fraction of sp³-hybridized carbons (Fsp3) is 0.294. The smallest absolute Gasteiger partial charge is 0.257 e. The van der Waals surface area contributed by atoms with Gasteiger partial charge in [0.25, 0.3) is 5.91 Å². The first-order valence-electron chi connectivity index (χ1n) is 7.76. The van der Waals surface area contributed by atoms with Crippen molar-refractivity contribution in [1.82, 2.24) is 9.88 Å². The highest BCUT2D eigenvalue weighted by Crippen LogP contribution is 2.28. The molecule has 142 valence electrons. The maximum atomic E-state index is 12.8. The number of aromatic nitrogens is 1. The number of pyridine rings is 1. The first-order valence-corrected chi connectivity index (χ1v) is 8.52. The van der Waals surface area contributed by atoms with Crippen LogP contribution in [0.15, 0.2) is 36.5 Å². The molecular weight excluding hydrogens is 418 g/mol. The van der Waals surface area contributed by atoms with Crippen molar-refractivity contribution in [3.63, 3.8) is 0 Å². The Morgan fingerprint density at radius 3 is 2.69 bits per heavy atom. The molecule has 1 atom stereocenters. The van der Waals surface area contributed by atoms with E-state index in [0.717, 1.165) is 12.8 Å². The highest BCUT2D eigenvalue weighted by Gasteiger charge is 2.24. The summed E-state index contributed by atoms with van der Waals surface area (Å²) in [5.41, 5.74) is 7.21. The van der Waals surface area contributed by atoms with E-state index in [0.29, 0.717) is 40.2 Å². The minimum atomic E-state index is -0.0687. The van der Waals surface area contributed by atoms with Crippen LogP contribution in [0.25, 0.3) is 0 Å². The van der Waals surface area contributed by atoms with E-state index in [-0.39, 0.29) is 36.8 Å². The number of piperidine rings is 1. The topological polar surface area (TPSA) is 71.2 Å². The van der Waals surface area contributed by atoms with Crippen LogP contribution in [0, 0.1) is 0 Å². The summed E-state index contributed by atoms with van der Waals surface area (Å²) in [4.78, 5) is 18.9. The van der Waals surface area contributed by atoms with Gasteiger partial charge in [0.1, 0.15) is 5.82 Å². The molecule has 0 radical (unpaired) electrons. The van der Waals surface area contributed by atoms with Crippen molar-refractivity contribution in [3.05, 3.63) is 52.1 Å². The monoisotopic (exact) mass is 436 g/mol. The van der Waals surface area contributed by atoms with E-state index in [1.807, 2.05) is 0 Å². The maximum absolute atomic E-state index is 12.8. The number of carbonyl (C=O) groups excluding carboxylic acids is 1. The summed E-state index contributed by atoms with van der Waals surface area (Å²) in [6, 6.07) is 8.72. The normalized spacial score (nSPS) is 16.3. The fourth-order valence-electron chi connectivity index (χ4n) is 2.75. The number of nitrogens with zero attached hydrogens (tertiary/aromatic N) is 2. The van der Waals surface area contributed by atoms with Gasteiger partial charge in [0.05, 0.1) is 15.6 Å². The number of anilines is 2. The molecule has 1 aliphatic rings. The van der Waals surface area contributed by atoms with Gasteiger partial charge in [0.2, 0.25) is 0 Å². The molecule has 1 saturated heterocycles. The van der Waals surface area contributed by atoms with Gasteiger partial charge in [0.15, 0.2) is 0 Å². The fourth-order valence-corrected chi connectivity index (χ4v) is 3.05. The molecule has 2 aromatic rings. The zero-order valence-electron chi connectivity index (χ0n) is 13.8. The lowest BCUT2D eigenvalue weighted by atomic mass is 10.1. The lowest BCUT2D eigenvalue weighted by Crippen LogP contribution is -2.45. The molecule has 1 aromatic carbocycles. The van der Waals surface area contributed by atoms with Crippen molar-refractivity contribution in [1.29, 1.82) is 0 Å². The molecule has 1 unspecified atom stereocenters. The number of carbonyl (C=O) groups is 1. The van der Waals surface area contributed by atoms with E-state index in [2.05, 4.69) is 10.3 Å². The summed E-state index contributed by atoms with van der Waals surface area (Å²) in [6.45, 7) is 1.29. The van der Waals surface area contributed by atoms with Crippen LogP contribution in [0.4, 0.5) is 11.5 Å². The highest BCUT2D eigenvalue weighted by molar-refractivity contribution is 6.42. The summed E-state index contributed by atoms with van der Waals surface area (Å²) in [7, 11) is 0. The minimum absolute atomic E-state index is 0. The Morgan fingerprint density at radius 1 is 1.23 bits per heavy atom. The largest absolute Gasteiger partial charge is 0.340 e. The van der Waals surface area contributed by atoms with Crippen molar-refractivity contribution >= 4 is 65.4 Å². The maximum Gasteiger partial charge on any atom is 0.257 e. The van der Waals surface area contributed by atoms with E-state index in [1.165, 1.54) is 0 Å². The van der Waals surface area contributed by atoms with Gasteiger partial charge < -0.3 is 16.0 Å². The molecule has 5 nitrogen and oxygen atoms in total. The molecule has 0 saturated carbocycles. The minimum Gasteiger partial charge on any atom is -0.340 e. The van der Waals surface area contributed by atoms with Gasteiger partial charge in [-0.05, 0) is 43.2 Å². The molecule has 1 aromatic heterocycles. The van der Waals surface area contributed by atoms with Gasteiger partial charge in [-0.15, -0.1) is 24.8 Å². The Balaban J connectivity index is 0.00000169. The third-order valence-electron chi connectivity index (χ3n) is 3.97. The molecule has 0 aliphatic carbocycles. The average Bonchev–Trinajstić information content (AvgIpc) is 2.58. The Morgan fingerprint density at radius 2 is 2.00 bits per heavy atom. The van der Waals surface area contributed by atoms with E-state index >= 15 is 0 Å². The predicted octanol–water partition coefficient (Wildman–Crippen LogP) is 4.54. The molecule has 3 N–H and O–H groups in total. The molecule has 1 amide bonds. The molecule has 9 heteroatoms. The zero-order valence-corrected chi connectivity index (χ0v) is 17.0. The summed E-state index contributed by atoms with van der Waals surface area (Å²) < 4.78 is 0. The molecule has 0 spiro atoms. The van der Waals surface area contributed by atoms with Gasteiger partial charge in [0, 0.05) is 31.0 Å². The van der Waals surface area contributed by atoms with Crippen molar-refractivity contribution in [2.45, 2.75) is 18.9 Å². The Labute approximate surface area is 175 Å². The van der Waals surface area contributed by atoms with Crippen LogP contribution in [0.1, 0.15) is 23.2 Å². The van der Waals surface area contributed by atoms with Crippen molar-refractivity contribution in [2.24, 2.45) is 5.73 Å². The number of hydrogen-bond donors (Lipinski definition) is 2. The van der Waals surface area contributed by atoms with Crippen molar-refractivity contribution in [2.75, 3.05) is 18.4 Å². The van der Waals surface area contributed by atoms with E-state index < -0.39 is 0 Å². The number of hydrogen-bond acceptors (Lipinski definition) is 4. The SMILES string of the molecule is Cl.Cl.NC1CCCN(C(=O)c2cccnc2Nc2ccc(Cl)c(Cl)c2)C1. The van der Waals surface area contributed by atoms with Crippen LogP contribution in [0.5, 0.6) is 0 Å². The quantitative estimate of drug-likeness (QED) is 0.739. The molecule has 1 fully saturated rings. The number of halogens is 4. The van der Waals surface area contributed by atoms with Crippen LogP contribution in [0.2, 0.25) is 10.0 Å². The van der Waals surface area contributed by atoms with Gasteiger partial charge in [-0.25, -0.2) is 4.98 Å². The highest BCUT2D eigenvalue weighted by atomic mass is 35.5. The lowest BCUT2D eigenvalue weighted by molar-refractivity contribution is 0.0709. The van der Waals surface area contributed by atoms with Crippen molar-refractivity contribution < 1.29 is 4.79 Å². The standard InChI is InChI=1S/C17H18Cl2N4O.2ClH/c18-14-6-5-12(9-15(14)19)22-16-13(4-1-7-21-16)17(24)23-8-2-3-11(20)10-23;;/h1,4-7,9,11H,2-3,8,10,20H2,(H,21,22);2*1H. The molecule has 2 heterocycles. The van der Waals surface area contributed by atoms with Crippen molar-refractivity contribution in [3.8, 4) is 0 Å². The molecule has 1 aliphatic heterocycles. The number of nitrogens with two attached hydrogens (primary N) is 1. The molecule has 3 rings (SSSR count). The molecule has 26 heavy (non-hydrogen) atoms. The first-order chi connectivity index (χ1) is 11.5. The van der Waals surface area contributed by atoms with Gasteiger partial charge in [-0.1, -0.05) is 23.2 Å². The van der Waals surface area contributed by atoms with Gasteiger partial charge in [-0.2, -0.15) is 0 Å². The van der Waals surface area contributed by atoms with E-state index in [9.17, 15) is 4.79 Å². The summed E-state index contributed by atoms with van der Waals surface area (Å²) >= 11 is 12.0. The summed E-state index contributed by atoms with van der Waals surface area (Å²) in [6.07, 6.45) is 3.51. The number of amides is 1. The Bertz CT molecular complexity index is 759. The van der Waals surface area contributed by atoms with Gasteiger partial charge >= 0.3 is 0 Å². The number of likely N-dealkylation sites (tertiary alicyclic amines) is 1. The molecular formula is C17H20Cl4N4O. The second-order valence-electron chi connectivity index (χ2n) is 5.81. The Kier molecular flexibility index (Phi) is 8.93. The first kappa shape index (κ1) is 22.8. The third-order valence-corrected chi connectivity index (χ3v) is 4.70. The third kappa shape index (κ3) is 5.38. The average molecular weight is 438 g/mol. The van der Waals surface area contributed by atoms with E-state index in [1.54, 1.807) is 41.4 Å². The van der Waals surface area contributed by atoms with E-state index in [4.69, 9.17) is 28.9 Å². The zero-order chi connectivity index (χ0) is 17.1. The summed E-state index contributed by atoms with van der Waals surface area (Å²) in [5, 5.41) is 4.05. The van der Waals surface area contributed by atoms with Crippen LogP contribution in [0.3, 0.4) is 0 Å². The lowest BCUT2D eigenvalue weighted by Gasteiger charge is -2.31. The second-order valence-corrected chi connectivity index (χ2v) is 6.62. The van der Waals surface area contributed by atoms with Crippen LogP contribution in [-0.4, -0.2) is 34.9 Å². The Hall–Kier alpha value is -1.24. The molecule has 0 bridgehead atoms. The van der Waals surface area contributed by atoms with Crippen LogP contribution in [-0.2, 0) is 0 Å². The second kappa shape index (κ2) is 10.2. The number of rotatable bonds is 3.